The van der Waals surface area contributed by atoms with Gasteiger partial charge in [-0.05, 0) is 31.0 Å². The summed E-state index contributed by atoms with van der Waals surface area (Å²) in [4.78, 5) is 12.0. The third kappa shape index (κ3) is 3.63. The quantitative estimate of drug-likeness (QED) is 0.800. The van der Waals surface area contributed by atoms with E-state index in [1.165, 1.54) is 5.56 Å². The Morgan fingerprint density at radius 2 is 1.87 bits per heavy atom. The Bertz CT molecular complexity index is 825. The molecular weight excluding hydrogens is 290 g/mol. The highest BCUT2D eigenvalue weighted by atomic mass is 16.4. The molecule has 0 atom stereocenters. The van der Waals surface area contributed by atoms with Crippen LogP contribution in [0.5, 0.6) is 0 Å². The summed E-state index contributed by atoms with van der Waals surface area (Å²) in [6.07, 6.45) is 0.266. The molecule has 116 valence electrons. The van der Waals surface area contributed by atoms with E-state index in [1.807, 2.05) is 62.4 Å². The molecule has 0 radical (unpaired) electrons. The Morgan fingerprint density at radius 3 is 2.61 bits per heavy atom. The van der Waals surface area contributed by atoms with Crippen LogP contribution in [0.1, 0.15) is 16.7 Å². The number of rotatable bonds is 4. The summed E-state index contributed by atoms with van der Waals surface area (Å²) in [6.45, 7) is 4.01. The van der Waals surface area contributed by atoms with E-state index in [0.717, 1.165) is 16.7 Å². The van der Waals surface area contributed by atoms with Crippen molar-refractivity contribution in [2.24, 2.45) is 0 Å². The zero-order chi connectivity index (χ0) is 16.2. The molecule has 1 amide bonds. The first kappa shape index (κ1) is 15.0. The molecule has 0 saturated carbocycles. The Labute approximate surface area is 134 Å². The number of nitrogens with one attached hydrogen (secondary N) is 1. The van der Waals surface area contributed by atoms with Crippen LogP contribution in [0, 0.1) is 13.8 Å². The van der Waals surface area contributed by atoms with Crippen LogP contribution in [0.2, 0.25) is 0 Å². The fourth-order valence-electron chi connectivity index (χ4n) is 2.38. The molecule has 0 fully saturated rings. The Morgan fingerprint density at radius 1 is 1.09 bits per heavy atom. The molecule has 0 aliphatic carbocycles. The number of carbonyl (C=O) groups is 1. The van der Waals surface area contributed by atoms with Crippen molar-refractivity contribution in [1.29, 1.82) is 0 Å². The lowest BCUT2D eigenvalue weighted by Gasteiger charge is -2.02. The first-order valence-corrected chi connectivity index (χ1v) is 7.37. The monoisotopic (exact) mass is 307 g/mol. The van der Waals surface area contributed by atoms with Crippen LogP contribution in [0.15, 0.2) is 52.9 Å². The van der Waals surface area contributed by atoms with Crippen molar-refractivity contribution >= 4 is 11.9 Å². The number of benzene rings is 2. The molecule has 3 aromatic rings. The molecule has 0 aliphatic rings. The van der Waals surface area contributed by atoms with E-state index in [0.29, 0.717) is 5.89 Å². The van der Waals surface area contributed by atoms with Crippen molar-refractivity contribution in [1.82, 2.24) is 10.2 Å². The van der Waals surface area contributed by atoms with Crippen LogP contribution in [0.25, 0.3) is 11.5 Å². The van der Waals surface area contributed by atoms with Crippen LogP contribution < -0.4 is 5.32 Å². The third-order valence-corrected chi connectivity index (χ3v) is 3.49. The van der Waals surface area contributed by atoms with E-state index in [2.05, 4.69) is 15.5 Å². The van der Waals surface area contributed by atoms with Gasteiger partial charge in [-0.25, -0.2) is 0 Å². The maximum Gasteiger partial charge on any atom is 0.322 e. The van der Waals surface area contributed by atoms with E-state index in [-0.39, 0.29) is 18.3 Å². The molecular formula is C18H17N3O2. The predicted octanol–water partition coefficient (Wildman–Crippen LogP) is 3.53. The van der Waals surface area contributed by atoms with Crippen LogP contribution in [0.3, 0.4) is 0 Å². The normalized spacial score (nSPS) is 10.5. The van der Waals surface area contributed by atoms with Crippen LogP contribution in [-0.2, 0) is 11.2 Å². The largest absolute Gasteiger partial charge is 0.403 e. The topological polar surface area (TPSA) is 68.0 Å². The van der Waals surface area contributed by atoms with Gasteiger partial charge >= 0.3 is 6.01 Å². The summed E-state index contributed by atoms with van der Waals surface area (Å²) >= 11 is 0. The molecule has 1 aromatic heterocycles. The lowest BCUT2D eigenvalue weighted by Crippen LogP contribution is -2.14. The van der Waals surface area contributed by atoms with Gasteiger partial charge in [0.1, 0.15) is 0 Å². The first-order chi connectivity index (χ1) is 11.1. The molecule has 0 saturated heterocycles. The molecule has 0 bridgehead atoms. The van der Waals surface area contributed by atoms with Crippen molar-refractivity contribution < 1.29 is 9.21 Å². The smallest absolute Gasteiger partial charge is 0.322 e. The number of nitrogens with zero attached hydrogens (tertiary/aromatic N) is 2. The van der Waals surface area contributed by atoms with Crippen LogP contribution >= 0.6 is 0 Å². The van der Waals surface area contributed by atoms with Crippen molar-refractivity contribution in [3.63, 3.8) is 0 Å². The van der Waals surface area contributed by atoms with Crippen molar-refractivity contribution in [3.05, 3.63) is 65.2 Å². The minimum absolute atomic E-state index is 0.112. The standard InChI is InChI=1S/C18H17N3O2/c1-12-8-9-15(13(2)10-12)17-20-21-18(23-17)19-16(22)11-14-6-4-3-5-7-14/h3-10H,11H2,1-2H3,(H,19,21,22). The van der Waals surface area contributed by atoms with E-state index in [9.17, 15) is 4.79 Å². The van der Waals surface area contributed by atoms with E-state index in [4.69, 9.17) is 4.42 Å². The Kier molecular flexibility index (Phi) is 4.19. The summed E-state index contributed by atoms with van der Waals surface area (Å²) in [7, 11) is 0. The fraction of sp³-hybridized carbons (Fsp3) is 0.167. The van der Waals surface area contributed by atoms with Gasteiger partial charge in [-0.15, -0.1) is 5.10 Å². The van der Waals surface area contributed by atoms with Gasteiger partial charge in [-0.2, -0.15) is 0 Å². The average Bonchev–Trinajstić information content (AvgIpc) is 2.96. The second kappa shape index (κ2) is 6.44. The fourth-order valence-corrected chi connectivity index (χ4v) is 2.38. The van der Waals surface area contributed by atoms with Crippen molar-refractivity contribution in [2.75, 3.05) is 5.32 Å². The predicted molar refractivity (Wildman–Crippen MR) is 88.0 cm³/mol. The molecule has 1 N–H and O–H groups in total. The highest BCUT2D eigenvalue weighted by Gasteiger charge is 2.13. The number of hydrogen-bond donors (Lipinski definition) is 1. The maximum atomic E-state index is 12.0. The SMILES string of the molecule is Cc1ccc(-c2nnc(NC(=O)Cc3ccccc3)o2)c(C)c1. The van der Waals surface area contributed by atoms with Crippen LogP contribution in [0.4, 0.5) is 6.01 Å². The molecule has 0 spiro atoms. The minimum atomic E-state index is -0.188. The molecule has 0 unspecified atom stereocenters. The van der Waals surface area contributed by atoms with Gasteiger partial charge < -0.3 is 4.42 Å². The molecule has 23 heavy (non-hydrogen) atoms. The number of anilines is 1. The van der Waals surface area contributed by atoms with Gasteiger partial charge in [0.15, 0.2) is 0 Å². The molecule has 2 aromatic carbocycles. The van der Waals surface area contributed by atoms with Gasteiger partial charge in [0.05, 0.1) is 6.42 Å². The van der Waals surface area contributed by atoms with Gasteiger partial charge in [0.25, 0.3) is 0 Å². The van der Waals surface area contributed by atoms with E-state index < -0.39 is 0 Å². The van der Waals surface area contributed by atoms with Gasteiger partial charge in [-0.3, -0.25) is 10.1 Å². The summed E-state index contributed by atoms with van der Waals surface area (Å²) in [5.41, 5.74) is 4.02. The van der Waals surface area contributed by atoms with Gasteiger partial charge in [0.2, 0.25) is 11.8 Å². The molecule has 5 nitrogen and oxygen atoms in total. The molecule has 5 heteroatoms. The molecule has 0 aliphatic heterocycles. The third-order valence-electron chi connectivity index (χ3n) is 3.49. The lowest BCUT2D eigenvalue weighted by atomic mass is 10.1. The minimum Gasteiger partial charge on any atom is -0.403 e. The maximum absolute atomic E-state index is 12.0. The summed E-state index contributed by atoms with van der Waals surface area (Å²) < 4.78 is 5.54. The molecule has 1 heterocycles. The Hall–Kier alpha value is -2.95. The highest BCUT2D eigenvalue weighted by molar-refractivity contribution is 5.90. The number of aromatic nitrogens is 2. The zero-order valence-electron chi connectivity index (χ0n) is 13.0. The summed E-state index contributed by atoms with van der Waals surface area (Å²) in [5.74, 6) is 0.213. The Balaban J connectivity index is 1.71. The lowest BCUT2D eigenvalue weighted by molar-refractivity contribution is -0.115. The highest BCUT2D eigenvalue weighted by Crippen LogP contribution is 2.24. The second-order valence-corrected chi connectivity index (χ2v) is 5.44. The second-order valence-electron chi connectivity index (χ2n) is 5.44. The zero-order valence-corrected chi connectivity index (χ0v) is 13.0. The summed E-state index contributed by atoms with van der Waals surface area (Å²) in [6, 6.07) is 15.6. The van der Waals surface area contributed by atoms with Gasteiger partial charge in [-0.1, -0.05) is 53.1 Å². The van der Waals surface area contributed by atoms with Crippen LogP contribution in [-0.4, -0.2) is 16.1 Å². The summed E-state index contributed by atoms with van der Waals surface area (Å²) in [5, 5.41) is 10.5. The van der Waals surface area contributed by atoms with E-state index in [1.54, 1.807) is 0 Å². The number of aryl methyl sites for hydroxylation is 2. The molecule has 3 rings (SSSR count). The van der Waals surface area contributed by atoms with Crippen molar-refractivity contribution in [3.8, 4) is 11.5 Å². The number of carbonyl (C=O) groups excluding carboxylic acids is 1. The number of amides is 1. The number of hydrogen-bond acceptors (Lipinski definition) is 4. The van der Waals surface area contributed by atoms with Crippen molar-refractivity contribution in [2.45, 2.75) is 20.3 Å². The van der Waals surface area contributed by atoms with E-state index >= 15 is 0 Å². The average molecular weight is 307 g/mol. The first-order valence-electron chi connectivity index (χ1n) is 7.37. The van der Waals surface area contributed by atoms with Gasteiger partial charge in [0, 0.05) is 5.56 Å².